The molecule has 0 aliphatic heterocycles. The molecule has 7 nitrogen and oxygen atoms in total. The van der Waals surface area contributed by atoms with E-state index in [9.17, 15) is 30.8 Å². The molecule has 2 rings (SSSR count). The van der Waals surface area contributed by atoms with Crippen molar-refractivity contribution in [2.45, 2.75) is 17.7 Å². The van der Waals surface area contributed by atoms with Gasteiger partial charge < -0.3 is 9.88 Å². The van der Waals surface area contributed by atoms with Crippen molar-refractivity contribution in [2.75, 3.05) is 5.32 Å². The molecule has 1 amide bonds. The Morgan fingerprint density at radius 3 is 2.52 bits per heavy atom. The van der Waals surface area contributed by atoms with Crippen LogP contribution in [0.25, 0.3) is 0 Å². The molecule has 0 bridgehead atoms. The number of aryl methyl sites for hydroxylation is 1. The quantitative estimate of drug-likeness (QED) is 0.569. The molecule has 0 saturated carbocycles. The maximum atomic E-state index is 14.6. The van der Waals surface area contributed by atoms with Crippen molar-refractivity contribution >= 4 is 21.6 Å². The van der Waals surface area contributed by atoms with E-state index in [1.807, 2.05) is 0 Å². The standard InChI is InChI=1S/C15H14F4N4O3S/c1-8(15(2,18)19)22-27(25,26)10-7-23(3)13(12(10)17)14(24)21-9-4-5-20-11(16)6-9/h4-7,22H,1H2,2-3H3,(H,20,21,24). The number of hydrogen-bond donors (Lipinski definition) is 2. The zero-order valence-corrected chi connectivity index (χ0v) is 14.9. The van der Waals surface area contributed by atoms with Crippen molar-refractivity contribution in [2.24, 2.45) is 7.05 Å². The number of alkyl halides is 2. The largest absolute Gasteiger partial charge is 0.343 e. The third kappa shape index (κ3) is 4.45. The lowest BCUT2D eigenvalue weighted by molar-refractivity contribution is 0.0597. The van der Waals surface area contributed by atoms with Gasteiger partial charge in [0.25, 0.3) is 21.9 Å². The van der Waals surface area contributed by atoms with Crippen LogP contribution < -0.4 is 10.0 Å². The predicted octanol–water partition coefficient (Wildman–Crippen LogP) is 2.40. The lowest BCUT2D eigenvalue weighted by atomic mass is 10.3. The molecule has 0 fully saturated rings. The van der Waals surface area contributed by atoms with Crippen molar-refractivity contribution < 1.29 is 30.8 Å². The number of halogens is 4. The molecule has 12 heteroatoms. The highest BCUT2D eigenvalue weighted by Gasteiger charge is 2.33. The molecule has 146 valence electrons. The molecule has 0 spiro atoms. The van der Waals surface area contributed by atoms with Gasteiger partial charge in [-0.25, -0.2) is 26.6 Å². The van der Waals surface area contributed by atoms with Crippen LogP contribution in [-0.2, 0) is 17.1 Å². The molecular formula is C15H14F4N4O3S. The Morgan fingerprint density at radius 1 is 1.33 bits per heavy atom. The molecule has 0 atom stereocenters. The lowest BCUT2D eigenvalue weighted by Crippen LogP contribution is -2.31. The second kappa shape index (κ2) is 7.02. The van der Waals surface area contributed by atoms with Gasteiger partial charge in [0.2, 0.25) is 5.95 Å². The molecule has 0 radical (unpaired) electrons. The number of pyridine rings is 1. The fourth-order valence-corrected chi connectivity index (χ4v) is 3.24. The molecule has 0 aliphatic rings. The number of allylic oxidation sites excluding steroid dienone is 1. The molecule has 0 aromatic carbocycles. The summed E-state index contributed by atoms with van der Waals surface area (Å²) in [5.74, 6) is -7.03. The first-order valence-corrected chi connectivity index (χ1v) is 8.69. The first kappa shape index (κ1) is 20.4. The number of nitrogens with zero attached hydrogens (tertiary/aromatic N) is 2. The van der Waals surface area contributed by atoms with Crippen molar-refractivity contribution in [1.82, 2.24) is 14.3 Å². The van der Waals surface area contributed by atoms with E-state index in [1.165, 1.54) is 17.8 Å². The Morgan fingerprint density at radius 2 is 1.96 bits per heavy atom. The highest BCUT2D eigenvalue weighted by molar-refractivity contribution is 7.89. The fourth-order valence-electron chi connectivity index (χ4n) is 1.99. The van der Waals surface area contributed by atoms with Crippen molar-refractivity contribution in [3.63, 3.8) is 0 Å². The molecule has 2 aromatic heterocycles. The van der Waals surface area contributed by atoms with Crippen molar-refractivity contribution in [3.05, 3.63) is 54.3 Å². The highest BCUT2D eigenvalue weighted by atomic mass is 32.2. The Bertz CT molecular complexity index is 1010. The van der Waals surface area contributed by atoms with Gasteiger partial charge in [-0.15, -0.1) is 0 Å². The number of carbonyl (C=O) groups is 1. The Labute approximate surface area is 151 Å². The number of nitrogens with one attached hydrogen (secondary N) is 2. The third-order valence-electron chi connectivity index (χ3n) is 3.36. The van der Waals surface area contributed by atoms with Crippen LogP contribution in [0, 0.1) is 11.8 Å². The smallest absolute Gasteiger partial charge is 0.284 e. The maximum absolute atomic E-state index is 14.6. The van der Waals surface area contributed by atoms with Crippen LogP contribution in [0.3, 0.4) is 0 Å². The summed E-state index contributed by atoms with van der Waals surface area (Å²) in [5, 5.41) is 2.18. The number of hydrogen-bond acceptors (Lipinski definition) is 4. The van der Waals surface area contributed by atoms with Gasteiger partial charge in [0, 0.05) is 38.1 Å². The summed E-state index contributed by atoms with van der Waals surface area (Å²) in [6.45, 7) is 3.31. The number of carbonyl (C=O) groups excluding carboxylic acids is 1. The minimum absolute atomic E-state index is 0.0466. The van der Waals surface area contributed by atoms with Gasteiger partial charge in [0.1, 0.15) is 10.6 Å². The molecule has 0 unspecified atom stereocenters. The van der Waals surface area contributed by atoms with Crippen molar-refractivity contribution in [1.29, 1.82) is 0 Å². The zero-order valence-electron chi connectivity index (χ0n) is 14.1. The summed E-state index contributed by atoms with van der Waals surface area (Å²) in [6.07, 6.45) is 1.80. The topological polar surface area (TPSA) is 93.1 Å². The van der Waals surface area contributed by atoms with Crippen LogP contribution in [0.15, 0.2) is 41.7 Å². The van der Waals surface area contributed by atoms with Gasteiger partial charge in [-0.1, -0.05) is 6.58 Å². The average Bonchev–Trinajstić information content (AvgIpc) is 2.81. The van der Waals surface area contributed by atoms with E-state index in [-0.39, 0.29) is 5.69 Å². The monoisotopic (exact) mass is 406 g/mol. The van der Waals surface area contributed by atoms with Gasteiger partial charge in [0.05, 0.1) is 5.70 Å². The van der Waals surface area contributed by atoms with Crippen LogP contribution in [0.1, 0.15) is 17.4 Å². The SMILES string of the molecule is C=C(NS(=O)(=O)c1cn(C)c(C(=O)Nc2ccnc(F)c2)c1F)C(C)(F)F. The number of anilines is 1. The Kier molecular flexibility index (Phi) is 5.31. The van der Waals surface area contributed by atoms with E-state index in [2.05, 4.69) is 16.9 Å². The summed E-state index contributed by atoms with van der Waals surface area (Å²) >= 11 is 0. The fraction of sp³-hybridized carbons (Fsp3) is 0.200. The lowest BCUT2D eigenvalue weighted by Gasteiger charge is -2.15. The van der Waals surface area contributed by atoms with Crippen LogP contribution >= 0.6 is 0 Å². The third-order valence-corrected chi connectivity index (χ3v) is 4.74. The first-order valence-electron chi connectivity index (χ1n) is 7.20. The highest BCUT2D eigenvalue weighted by Crippen LogP contribution is 2.25. The van der Waals surface area contributed by atoms with Gasteiger partial charge >= 0.3 is 0 Å². The molecule has 0 aliphatic carbocycles. The normalized spacial score (nSPS) is 11.9. The first-order chi connectivity index (χ1) is 12.3. The number of sulfonamides is 1. The molecule has 2 N–H and O–H groups in total. The van der Waals surface area contributed by atoms with Crippen LogP contribution in [0.2, 0.25) is 0 Å². The molecule has 2 aromatic rings. The second-order valence-electron chi connectivity index (χ2n) is 5.56. The van der Waals surface area contributed by atoms with Gasteiger partial charge in [-0.2, -0.15) is 4.39 Å². The number of amides is 1. The Balaban J connectivity index is 2.36. The molecule has 27 heavy (non-hydrogen) atoms. The van der Waals surface area contributed by atoms with E-state index >= 15 is 0 Å². The predicted molar refractivity (Wildman–Crippen MR) is 87.6 cm³/mol. The average molecular weight is 406 g/mol. The van der Waals surface area contributed by atoms with Crippen molar-refractivity contribution in [3.8, 4) is 0 Å². The minimum Gasteiger partial charge on any atom is -0.343 e. The maximum Gasteiger partial charge on any atom is 0.284 e. The zero-order chi connectivity index (χ0) is 20.6. The second-order valence-corrected chi connectivity index (χ2v) is 7.21. The minimum atomic E-state index is -4.76. The van der Waals surface area contributed by atoms with E-state index < -0.39 is 49.9 Å². The summed E-state index contributed by atoms with van der Waals surface area (Å²) in [7, 11) is -3.59. The van der Waals surface area contributed by atoms with Gasteiger partial charge in [0.15, 0.2) is 5.82 Å². The van der Waals surface area contributed by atoms with E-state index in [4.69, 9.17) is 0 Å². The summed E-state index contributed by atoms with van der Waals surface area (Å²) in [6, 6.07) is 2.10. The van der Waals surface area contributed by atoms with Gasteiger partial charge in [-0.05, 0) is 6.07 Å². The van der Waals surface area contributed by atoms with Crippen LogP contribution in [0.5, 0.6) is 0 Å². The van der Waals surface area contributed by atoms with Crippen LogP contribution in [-0.4, -0.2) is 29.8 Å². The van der Waals surface area contributed by atoms with Gasteiger partial charge in [-0.3, -0.25) is 9.52 Å². The molecular weight excluding hydrogens is 392 g/mol. The van der Waals surface area contributed by atoms with E-state index in [1.54, 1.807) is 0 Å². The number of rotatable bonds is 6. The summed E-state index contributed by atoms with van der Waals surface area (Å²) in [5.41, 5.74) is -1.92. The molecule has 0 saturated heterocycles. The summed E-state index contributed by atoms with van der Waals surface area (Å²) in [4.78, 5) is 14.5. The van der Waals surface area contributed by atoms with E-state index in [0.29, 0.717) is 6.92 Å². The number of aromatic nitrogens is 2. The molecule has 2 heterocycles. The Hall–Kier alpha value is -2.89. The summed E-state index contributed by atoms with van der Waals surface area (Å²) < 4.78 is 80.5. The van der Waals surface area contributed by atoms with E-state index in [0.717, 1.165) is 23.0 Å². The van der Waals surface area contributed by atoms with Crippen LogP contribution in [0.4, 0.5) is 23.2 Å².